The Morgan fingerprint density at radius 3 is 1.87 bits per heavy atom. The zero-order chi connectivity index (χ0) is 24.4. The number of nitrogens with one attached hydrogen (secondary N) is 1. The Labute approximate surface area is 191 Å². The second-order valence-corrected chi connectivity index (χ2v) is 10.6. The van der Waals surface area contributed by atoms with Crippen LogP contribution in [0.15, 0.2) is 22.9 Å². The van der Waals surface area contributed by atoms with Crippen LogP contribution in [0.4, 0.5) is 0 Å². The first kappa shape index (κ1) is 29.4. The van der Waals surface area contributed by atoms with Crippen molar-refractivity contribution < 1.29 is 14.3 Å². The van der Waals surface area contributed by atoms with Crippen molar-refractivity contribution in [2.75, 3.05) is 26.7 Å². The van der Waals surface area contributed by atoms with Crippen molar-refractivity contribution in [3.63, 3.8) is 0 Å². The average Bonchev–Trinajstić information content (AvgIpc) is 2.69. The number of rotatable bonds is 6. The van der Waals surface area contributed by atoms with Crippen molar-refractivity contribution in [2.24, 2.45) is 16.7 Å². The number of piperidine rings is 1. The molecule has 5 heteroatoms. The van der Waals surface area contributed by atoms with Crippen LogP contribution >= 0.6 is 0 Å². The van der Waals surface area contributed by atoms with E-state index in [4.69, 9.17) is 4.74 Å². The van der Waals surface area contributed by atoms with Crippen molar-refractivity contribution in [1.29, 1.82) is 0 Å². The molecule has 31 heavy (non-hydrogen) atoms. The fourth-order valence-electron chi connectivity index (χ4n) is 2.82. The highest BCUT2D eigenvalue weighted by Crippen LogP contribution is 2.36. The van der Waals surface area contributed by atoms with E-state index in [9.17, 15) is 9.59 Å². The summed E-state index contributed by atoms with van der Waals surface area (Å²) in [4.78, 5) is 26.3. The van der Waals surface area contributed by atoms with E-state index < -0.39 is 5.97 Å². The van der Waals surface area contributed by atoms with Gasteiger partial charge in [0.1, 0.15) is 0 Å². The number of methoxy groups -OCH3 is 1. The standard InChI is InChI=1S/C18H30N2O3.C8H18/c1-6-13(3)17(14(4)18(22)23-5)19-16(21)12-20-10-8-15(7-2)9-11-20;1-7(2,3)8(4,5)6/h6,15H,7-12H2,1-5H3,(H,19,21);1-6H3/b13-6-,17-14-;. The van der Waals surface area contributed by atoms with Crippen LogP contribution in [-0.4, -0.2) is 43.5 Å². The minimum atomic E-state index is -0.426. The van der Waals surface area contributed by atoms with E-state index in [2.05, 4.69) is 58.7 Å². The molecule has 1 N–H and O–H groups in total. The number of esters is 1. The molecule has 0 aliphatic carbocycles. The van der Waals surface area contributed by atoms with Crippen molar-refractivity contribution >= 4 is 11.9 Å². The molecule has 0 aromatic heterocycles. The van der Waals surface area contributed by atoms with Crippen LogP contribution in [0.3, 0.4) is 0 Å². The molecule has 1 aliphatic rings. The van der Waals surface area contributed by atoms with Gasteiger partial charge in [0.25, 0.3) is 0 Å². The Kier molecular flexibility index (Phi) is 12.4. The number of ether oxygens (including phenoxy) is 1. The van der Waals surface area contributed by atoms with E-state index in [-0.39, 0.29) is 5.91 Å². The first-order chi connectivity index (χ1) is 14.2. The predicted octanol–water partition coefficient (Wildman–Crippen LogP) is 5.72. The molecule has 1 amide bonds. The molecular formula is C26H48N2O3. The summed E-state index contributed by atoms with van der Waals surface area (Å²) >= 11 is 0. The monoisotopic (exact) mass is 436 g/mol. The van der Waals surface area contributed by atoms with Gasteiger partial charge in [0.05, 0.1) is 24.9 Å². The lowest BCUT2D eigenvalue weighted by molar-refractivity contribution is -0.136. The third kappa shape index (κ3) is 10.5. The van der Waals surface area contributed by atoms with E-state index >= 15 is 0 Å². The maximum absolute atomic E-state index is 12.3. The maximum atomic E-state index is 12.3. The minimum Gasteiger partial charge on any atom is -0.466 e. The second kappa shape index (κ2) is 13.0. The molecule has 0 bridgehead atoms. The summed E-state index contributed by atoms with van der Waals surface area (Å²) in [7, 11) is 1.34. The van der Waals surface area contributed by atoms with Gasteiger partial charge in [-0.15, -0.1) is 0 Å². The number of carbonyl (C=O) groups excluding carboxylic acids is 2. The topological polar surface area (TPSA) is 58.6 Å². The van der Waals surface area contributed by atoms with Gasteiger partial charge in [-0.2, -0.15) is 0 Å². The van der Waals surface area contributed by atoms with E-state index in [1.807, 2.05) is 19.9 Å². The number of nitrogens with zero attached hydrogens (tertiary/aromatic N) is 1. The fraction of sp³-hybridized carbons (Fsp3) is 0.769. The largest absolute Gasteiger partial charge is 0.466 e. The van der Waals surface area contributed by atoms with Crippen molar-refractivity contribution in [3.8, 4) is 0 Å². The smallest absolute Gasteiger partial charge is 0.335 e. The quantitative estimate of drug-likeness (QED) is 0.329. The predicted molar refractivity (Wildman–Crippen MR) is 131 cm³/mol. The zero-order valence-corrected chi connectivity index (χ0v) is 22.1. The van der Waals surface area contributed by atoms with E-state index in [1.165, 1.54) is 13.5 Å². The summed E-state index contributed by atoms with van der Waals surface area (Å²) in [6.07, 6.45) is 5.39. The molecule has 1 heterocycles. The number of amides is 1. The Morgan fingerprint density at radius 2 is 1.52 bits per heavy atom. The number of likely N-dealkylation sites (tertiary alicyclic amines) is 1. The van der Waals surface area contributed by atoms with E-state index in [1.54, 1.807) is 6.92 Å². The summed E-state index contributed by atoms with van der Waals surface area (Å²) in [6.45, 7) is 23.6. The van der Waals surface area contributed by atoms with Gasteiger partial charge < -0.3 is 10.1 Å². The van der Waals surface area contributed by atoms with Gasteiger partial charge in [0, 0.05) is 0 Å². The molecule has 0 aromatic carbocycles. The molecule has 0 atom stereocenters. The summed E-state index contributed by atoms with van der Waals surface area (Å²) in [6, 6.07) is 0. The summed E-state index contributed by atoms with van der Waals surface area (Å²) in [5, 5.41) is 2.89. The van der Waals surface area contributed by atoms with Crippen LogP contribution in [0.2, 0.25) is 0 Å². The molecule has 1 aliphatic heterocycles. The summed E-state index contributed by atoms with van der Waals surface area (Å²) in [5.74, 6) is 0.279. The SMILES string of the molecule is C/C=C(C)\C(NC(=O)CN1CCC(CC)CC1)=C(/C)C(=O)OC.CC(C)(C)C(C)(C)C. The van der Waals surface area contributed by atoms with Gasteiger partial charge in [0.2, 0.25) is 5.91 Å². The molecule has 0 saturated carbocycles. The zero-order valence-electron chi connectivity index (χ0n) is 22.1. The highest BCUT2D eigenvalue weighted by molar-refractivity contribution is 5.91. The highest BCUT2D eigenvalue weighted by atomic mass is 16.5. The lowest BCUT2D eigenvalue weighted by Gasteiger charge is -2.34. The van der Waals surface area contributed by atoms with Gasteiger partial charge >= 0.3 is 5.97 Å². The third-order valence-corrected chi connectivity index (χ3v) is 6.86. The Bertz CT molecular complexity index is 629. The molecule has 180 valence electrons. The molecule has 1 fully saturated rings. The molecule has 0 aromatic rings. The van der Waals surface area contributed by atoms with Crippen LogP contribution in [0, 0.1) is 16.7 Å². The minimum absolute atomic E-state index is 0.0839. The summed E-state index contributed by atoms with van der Waals surface area (Å²) < 4.78 is 4.76. The summed E-state index contributed by atoms with van der Waals surface area (Å²) in [5.41, 5.74) is 2.69. The van der Waals surface area contributed by atoms with Crippen LogP contribution in [0.25, 0.3) is 0 Å². The first-order valence-electron chi connectivity index (χ1n) is 11.6. The number of allylic oxidation sites excluding steroid dienone is 2. The van der Waals surface area contributed by atoms with Crippen LogP contribution in [0.5, 0.6) is 0 Å². The second-order valence-electron chi connectivity index (χ2n) is 10.6. The molecule has 5 nitrogen and oxygen atoms in total. The molecular weight excluding hydrogens is 388 g/mol. The molecule has 1 saturated heterocycles. The van der Waals surface area contributed by atoms with Gasteiger partial charge in [-0.3, -0.25) is 9.69 Å². The number of hydrogen-bond acceptors (Lipinski definition) is 4. The maximum Gasteiger partial charge on any atom is 0.335 e. The Hall–Kier alpha value is -1.62. The van der Waals surface area contributed by atoms with Gasteiger partial charge in [-0.1, -0.05) is 61.0 Å². The van der Waals surface area contributed by atoms with Crippen molar-refractivity contribution in [1.82, 2.24) is 10.2 Å². The normalized spacial score (nSPS) is 17.3. The molecule has 1 rings (SSSR count). The van der Waals surface area contributed by atoms with Crippen LogP contribution < -0.4 is 5.32 Å². The van der Waals surface area contributed by atoms with Gasteiger partial charge in [0.15, 0.2) is 0 Å². The molecule has 0 unspecified atom stereocenters. The van der Waals surface area contributed by atoms with Crippen LogP contribution in [-0.2, 0) is 14.3 Å². The lowest BCUT2D eigenvalue weighted by atomic mass is 9.71. The lowest BCUT2D eigenvalue weighted by Crippen LogP contribution is -2.41. The van der Waals surface area contributed by atoms with E-state index in [0.29, 0.717) is 28.6 Å². The van der Waals surface area contributed by atoms with E-state index in [0.717, 1.165) is 37.4 Å². The highest BCUT2D eigenvalue weighted by Gasteiger charge is 2.27. The van der Waals surface area contributed by atoms with Crippen LogP contribution in [0.1, 0.15) is 88.5 Å². The van der Waals surface area contributed by atoms with Gasteiger partial charge in [-0.25, -0.2) is 4.79 Å². The number of hydrogen-bond donors (Lipinski definition) is 1. The fourth-order valence-corrected chi connectivity index (χ4v) is 2.82. The Balaban J connectivity index is 0.000000954. The Morgan fingerprint density at radius 1 is 1.03 bits per heavy atom. The average molecular weight is 437 g/mol. The van der Waals surface area contributed by atoms with Crippen molar-refractivity contribution in [3.05, 3.63) is 22.9 Å². The van der Waals surface area contributed by atoms with Crippen molar-refractivity contribution in [2.45, 2.75) is 88.5 Å². The first-order valence-corrected chi connectivity index (χ1v) is 11.6. The van der Waals surface area contributed by atoms with Gasteiger partial charge in [-0.05, 0) is 69.0 Å². The molecule has 0 radical (unpaired) electrons. The number of carbonyl (C=O) groups is 2. The molecule has 0 spiro atoms. The third-order valence-electron chi connectivity index (χ3n) is 6.86.